The normalized spacial score (nSPS) is 11.5. The summed E-state index contributed by atoms with van der Waals surface area (Å²) in [6.07, 6.45) is 3.45. The number of benzene rings is 1. The molecule has 1 aromatic heterocycles. The van der Waals surface area contributed by atoms with Crippen LogP contribution in [0.5, 0.6) is 0 Å². The fourth-order valence-corrected chi connectivity index (χ4v) is 2.11. The fourth-order valence-electron chi connectivity index (χ4n) is 1.94. The molecule has 0 saturated heterocycles. The summed E-state index contributed by atoms with van der Waals surface area (Å²) in [5.74, 6) is 0. The second-order valence-corrected chi connectivity index (χ2v) is 6.74. The average molecular weight is 345 g/mol. The number of aromatic nitrogens is 1. The Morgan fingerprint density at radius 2 is 1.79 bits per heavy atom. The van der Waals surface area contributed by atoms with E-state index in [0.29, 0.717) is 5.15 Å². The van der Waals surface area contributed by atoms with Crippen LogP contribution in [0, 0.1) is 0 Å². The summed E-state index contributed by atoms with van der Waals surface area (Å²) in [5.41, 5.74) is 2.04. The Bertz CT molecular complexity index is 734. The molecular weight excluding hydrogens is 324 g/mol. The van der Waals surface area contributed by atoms with Crippen LogP contribution in [0.25, 0.3) is 12.2 Å². The summed E-state index contributed by atoms with van der Waals surface area (Å²) in [4.78, 5) is 17.7. The molecule has 5 heteroatoms. The summed E-state index contributed by atoms with van der Waals surface area (Å²) in [5, 5.41) is 0.464. The molecule has 0 bridgehead atoms. The monoisotopic (exact) mass is 344 g/mol. The van der Waals surface area contributed by atoms with Crippen LogP contribution in [-0.2, 0) is 4.74 Å². The van der Waals surface area contributed by atoms with Gasteiger partial charge in [0.05, 0.1) is 5.69 Å². The largest absolute Gasteiger partial charge is 0.443 e. The molecule has 4 nitrogen and oxygen atoms in total. The molecule has 126 valence electrons. The molecule has 0 radical (unpaired) electrons. The summed E-state index contributed by atoms with van der Waals surface area (Å²) in [7, 11) is 1.69. The number of halogens is 1. The quantitative estimate of drug-likeness (QED) is 0.712. The minimum absolute atomic E-state index is 0.381. The molecular formula is C19H21ClN2O2. The van der Waals surface area contributed by atoms with Gasteiger partial charge in [-0.1, -0.05) is 35.9 Å². The van der Waals surface area contributed by atoms with Crippen molar-refractivity contribution in [1.29, 1.82) is 0 Å². The fraction of sp³-hybridized carbons (Fsp3) is 0.263. The average Bonchev–Trinajstić information content (AvgIpc) is 2.51. The number of ether oxygens (including phenoxy) is 1. The van der Waals surface area contributed by atoms with Crippen LogP contribution < -0.4 is 4.90 Å². The molecule has 2 rings (SSSR count). The maximum atomic E-state index is 12.1. The zero-order valence-electron chi connectivity index (χ0n) is 14.3. The van der Waals surface area contributed by atoms with Crippen molar-refractivity contribution in [3.8, 4) is 0 Å². The van der Waals surface area contributed by atoms with Crippen LogP contribution in [0.2, 0.25) is 5.15 Å². The first-order chi connectivity index (χ1) is 11.2. The molecule has 1 amide bonds. The smallest absolute Gasteiger partial charge is 0.414 e. The highest BCUT2D eigenvalue weighted by molar-refractivity contribution is 6.29. The van der Waals surface area contributed by atoms with Crippen LogP contribution in [0.15, 0.2) is 42.5 Å². The van der Waals surface area contributed by atoms with Gasteiger partial charge in [0, 0.05) is 12.7 Å². The number of carbonyl (C=O) groups excluding carboxylic acids is 1. The van der Waals surface area contributed by atoms with E-state index >= 15 is 0 Å². The Labute approximate surface area is 147 Å². The molecule has 0 aliphatic heterocycles. The lowest BCUT2D eigenvalue weighted by atomic mass is 10.1. The van der Waals surface area contributed by atoms with E-state index in [-0.39, 0.29) is 6.09 Å². The van der Waals surface area contributed by atoms with Crippen molar-refractivity contribution in [2.24, 2.45) is 0 Å². The first-order valence-electron chi connectivity index (χ1n) is 7.62. The van der Waals surface area contributed by atoms with Gasteiger partial charge in [0.2, 0.25) is 0 Å². The summed E-state index contributed by atoms with van der Waals surface area (Å²) in [6, 6.07) is 13.1. The number of pyridine rings is 1. The molecule has 1 heterocycles. The number of carbonyl (C=O) groups is 1. The van der Waals surface area contributed by atoms with Crippen LogP contribution in [0.4, 0.5) is 10.5 Å². The molecule has 0 atom stereocenters. The Morgan fingerprint density at radius 1 is 1.12 bits per heavy atom. The molecule has 0 N–H and O–H groups in total. The zero-order chi connectivity index (χ0) is 17.7. The van der Waals surface area contributed by atoms with Crippen LogP contribution in [-0.4, -0.2) is 23.7 Å². The Balaban J connectivity index is 2.06. The SMILES string of the molecule is CN(C(=O)OC(C)(C)C)c1ccc(/C=C/c2cccc(Cl)n2)cc1. The Morgan fingerprint density at radius 3 is 2.38 bits per heavy atom. The lowest BCUT2D eigenvalue weighted by Crippen LogP contribution is -2.34. The van der Waals surface area contributed by atoms with Crippen molar-refractivity contribution < 1.29 is 9.53 Å². The van der Waals surface area contributed by atoms with E-state index in [9.17, 15) is 4.79 Å². The molecule has 0 fully saturated rings. The van der Waals surface area contributed by atoms with E-state index in [1.807, 2.05) is 69.3 Å². The molecule has 0 spiro atoms. The Hall–Kier alpha value is -2.33. The molecule has 0 aliphatic rings. The van der Waals surface area contributed by atoms with Gasteiger partial charge >= 0.3 is 6.09 Å². The van der Waals surface area contributed by atoms with E-state index in [2.05, 4.69) is 4.98 Å². The third-order valence-electron chi connectivity index (χ3n) is 3.13. The summed E-state index contributed by atoms with van der Waals surface area (Å²) in [6.45, 7) is 5.53. The number of hydrogen-bond acceptors (Lipinski definition) is 3. The van der Waals surface area contributed by atoms with Crippen molar-refractivity contribution in [2.45, 2.75) is 26.4 Å². The van der Waals surface area contributed by atoms with Crippen molar-refractivity contribution in [3.63, 3.8) is 0 Å². The van der Waals surface area contributed by atoms with Gasteiger partial charge in [0.1, 0.15) is 10.8 Å². The highest BCUT2D eigenvalue weighted by Gasteiger charge is 2.20. The predicted octanol–water partition coefficient (Wildman–Crippen LogP) is 5.28. The van der Waals surface area contributed by atoms with Gasteiger partial charge < -0.3 is 4.74 Å². The van der Waals surface area contributed by atoms with Gasteiger partial charge in [0.25, 0.3) is 0 Å². The van der Waals surface area contributed by atoms with E-state index in [0.717, 1.165) is 16.9 Å². The first kappa shape index (κ1) is 18.0. The standard InChI is InChI=1S/C19H21ClN2O2/c1-19(2,3)24-18(23)22(4)16-12-9-14(10-13-16)8-11-15-6-5-7-17(20)21-15/h5-13H,1-4H3/b11-8+. The van der Waals surface area contributed by atoms with Crippen molar-refractivity contribution >= 4 is 35.5 Å². The predicted molar refractivity (Wildman–Crippen MR) is 99.3 cm³/mol. The van der Waals surface area contributed by atoms with Gasteiger partial charge in [-0.2, -0.15) is 0 Å². The second-order valence-electron chi connectivity index (χ2n) is 6.35. The van der Waals surface area contributed by atoms with Gasteiger partial charge in [-0.3, -0.25) is 4.90 Å². The molecule has 0 unspecified atom stereocenters. The lowest BCUT2D eigenvalue weighted by Gasteiger charge is -2.24. The van der Waals surface area contributed by atoms with Gasteiger partial charge in [0.15, 0.2) is 0 Å². The van der Waals surface area contributed by atoms with E-state index in [1.54, 1.807) is 13.1 Å². The highest BCUT2D eigenvalue weighted by Crippen LogP contribution is 2.18. The summed E-state index contributed by atoms with van der Waals surface area (Å²) >= 11 is 5.86. The zero-order valence-corrected chi connectivity index (χ0v) is 15.0. The lowest BCUT2D eigenvalue weighted by molar-refractivity contribution is 0.0589. The molecule has 24 heavy (non-hydrogen) atoms. The van der Waals surface area contributed by atoms with Crippen LogP contribution >= 0.6 is 11.6 Å². The highest BCUT2D eigenvalue weighted by atomic mass is 35.5. The molecule has 2 aromatic rings. The molecule has 0 aliphatic carbocycles. The van der Waals surface area contributed by atoms with Gasteiger partial charge in [-0.05, 0) is 56.7 Å². The van der Waals surface area contributed by atoms with Crippen molar-refractivity contribution in [3.05, 3.63) is 58.9 Å². The number of nitrogens with zero attached hydrogens (tertiary/aromatic N) is 2. The van der Waals surface area contributed by atoms with E-state index in [1.165, 1.54) is 4.90 Å². The third-order valence-corrected chi connectivity index (χ3v) is 3.34. The maximum absolute atomic E-state index is 12.1. The number of amides is 1. The summed E-state index contributed by atoms with van der Waals surface area (Å²) < 4.78 is 5.35. The van der Waals surface area contributed by atoms with Gasteiger partial charge in [-0.25, -0.2) is 9.78 Å². The van der Waals surface area contributed by atoms with Crippen LogP contribution in [0.3, 0.4) is 0 Å². The van der Waals surface area contributed by atoms with Gasteiger partial charge in [-0.15, -0.1) is 0 Å². The van der Waals surface area contributed by atoms with Crippen LogP contribution in [0.1, 0.15) is 32.0 Å². The number of anilines is 1. The third kappa shape index (κ3) is 5.39. The first-order valence-corrected chi connectivity index (χ1v) is 8.00. The second kappa shape index (κ2) is 7.49. The number of hydrogen-bond donors (Lipinski definition) is 0. The van der Waals surface area contributed by atoms with E-state index < -0.39 is 5.60 Å². The Kier molecular flexibility index (Phi) is 5.62. The minimum Gasteiger partial charge on any atom is -0.443 e. The minimum atomic E-state index is -0.516. The molecule has 0 saturated carbocycles. The maximum Gasteiger partial charge on any atom is 0.414 e. The van der Waals surface area contributed by atoms with E-state index in [4.69, 9.17) is 16.3 Å². The molecule has 1 aromatic carbocycles. The topological polar surface area (TPSA) is 42.4 Å². The van der Waals surface area contributed by atoms with Crippen molar-refractivity contribution in [2.75, 3.05) is 11.9 Å². The van der Waals surface area contributed by atoms with Crippen molar-refractivity contribution in [1.82, 2.24) is 4.98 Å². The number of rotatable bonds is 3.